The lowest BCUT2D eigenvalue weighted by molar-refractivity contribution is 0.164. The van der Waals surface area contributed by atoms with Gasteiger partial charge in [0.15, 0.2) is 0 Å². The Morgan fingerprint density at radius 2 is 2.19 bits per heavy atom. The average molecular weight is 267 g/mol. The van der Waals surface area contributed by atoms with Gasteiger partial charge in [-0.3, -0.25) is 0 Å². The standard InChI is InChI=1S/C11H23NO2S2.H2/c1-3-5-6-10(4-2)9-16-15-8-7-14-11(12)13;/h10H,3-9H2,1-2H3,(H2,12,13);1H/t10-;/m1./s1. The molecular formula is C11H25NO2S2. The second-order valence-electron chi connectivity index (χ2n) is 3.69. The van der Waals surface area contributed by atoms with Crippen LogP contribution in [0.5, 0.6) is 0 Å². The predicted molar refractivity (Wildman–Crippen MR) is 75.9 cm³/mol. The molecular weight excluding hydrogens is 242 g/mol. The lowest BCUT2D eigenvalue weighted by atomic mass is 10.0. The minimum atomic E-state index is -0.681. The molecule has 0 aromatic carbocycles. The summed E-state index contributed by atoms with van der Waals surface area (Å²) in [7, 11) is 3.63. The topological polar surface area (TPSA) is 52.3 Å². The van der Waals surface area contributed by atoms with Crippen molar-refractivity contribution < 1.29 is 11.0 Å². The molecule has 0 aromatic rings. The number of carbonyl (C=O) groups excluding carboxylic acids is 1. The number of unbranched alkanes of at least 4 members (excludes halogenated alkanes) is 1. The number of primary amides is 1. The van der Waals surface area contributed by atoms with Gasteiger partial charge in [0.05, 0.1) is 0 Å². The van der Waals surface area contributed by atoms with Gasteiger partial charge in [-0.1, -0.05) is 54.7 Å². The van der Waals surface area contributed by atoms with Gasteiger partial charge in [0.25, 0.3) is 0 Å². The first-order valence-electron chi connectivity index (χ1n) is 5.87. The third-order valence-electron chi connectivity index (χ3n) is 2.34. The Morgan fingerprint density at radius 1 is 1.44 bits per heavy atom. The van der Waals surface area contributed by atoms with Crippen LogP contribution < -0.4 is 5.73 Å². The SMILES string of the molecule is CCCC[C@@H](CC)CSSCCOC(N)=O.[HH]. The molecule has 3 nitrogen and oxygen atoms in total. The van der Waals surface area contributed by atoms with Crippen molar-refractivity contribution in [2.24, 2.45) is 11.7 Å². The molecule has 1 amide bonds. The number of carbonyl (C=O) groups is 1. The molecule has 0 fully saturated rings. The van der Waals surface area contributed by atoms with Crippen molar-refractivity contribution >= 4 is 27.7 Å². The fourth-order valence-electron chi connectivity index (χ4n) is 1.28. The molecule has 2 N–H and O–H groups in total. The highest BCUT2D eigenvalue weighted by Gasteiger charge is 2.05. The zero-order valence-electron chi connectivity index (χ0n) is 10.2. The second kappa shape index (κ2) is 11.5. The van der Waals surface area contributed by atoms with Crippen molar-refractivity contribution in [1.29, 1.82) is 0 Å². The summed E-state index contributed by atoms with van der Waals surface area (Å²) in [5, 5.41) is 0. The van der Waals surface area contributed by atoms with Crippen molar-refractivity contribution in [1.82, 2.24) is 0 Å². The van der Waals surface area contributed by atoms with Crippen LogP contribution >= 0.6 is 21.6 Å². The molecule has 98 valence electrons. The van der Waals surface area contributed by atoms with Crippen LogP contribution in [0.4, 0.5) is 4.79 Å². The van der Waals surface area contributed by atoms with Crippen LogP contribution in [-0.4, -0.2) is 24.2 Å². The number of hydrogen-bond donors (Lipinski definition) is 1. The van der Waals surface area contributed by atoms with Crippen LogP contribution in [0.25, 0.3) is 0 Å². The molecule has 0 heterocycles. The van der Waals surface area contributed by atoms with E-state index in [1.54, 1.807) is 10.8 Å². The second-order valence-corrected chi connectivity index (χ2v) is 6.32. The van der Waals surface area contributed by atoms with Crippen molar-refractivity contribution in [3.05, 3.63) is 0 Å². The zero-order valence-corrected chi connectivity index (χ0v) is 11.9. The Balaban J connectivity index is 0. The molecule has 1 atom stereocenters. The van der Waals surface area contributed by atoms with E-state index in [9.17, 15) is 4.79 Å². The maximum absolute atomic E-state index is 10.3. The van der Waals surface area contributed by atoms with Crippen molar-refractivity contribution in [3.8, 4) is 0 Å². The first-order chi connectivity index (χ1) is 7.70. The van der Waals surface area contributed by atoms with E-state index in [-0.39, 0.29) is 1.43 Å². The Bertz CT molecular complexity index is 185. The maximum atomic E-state index is 10.3. The highest BCUT2D eigenvalue weighted by atomic mass is 33.1. The van der Waals surface area contributed by atoms with Gasteiger partial charge in [0.2, 0.25) is 0 Å². The van der Waals surface area contributed by atoms with E-state index >= 15 is 0 Å². The van der Waals surface area contributed by atoms with Crippen molar-refractivity contribution in [2.45, 2.75) is 39.5 Å². The van der Waals surface area contributed by atoms with E-state index < -0.39 is 6.09 Å². The fourth-order valence-corrected chi connectivity index (χ4v) is 3.66. The normalized spacial score (nSPS) is 12.4. The number of amides is 1. The molecule has 5 heteroatoms. The third kappa shape index (κ3) is 10.5. The highest BCUT2D eigenvalue weighted by Crippen LogP contribution is 2.27. The Kier molecular flexibility index (Phi) is 11.4. The van der Waals surface area contributed by atoms with Gasteiger partial charge in [-0.15, -0.1) is 0 Å². The number of ether oxygens (including phenoxy) is 1. The number of hydrogen-bond acceptors (Lipinski definition) is 4. The molecule has 16 heavy (non-hydrogen) atoms. The quantitative estimate of drug-likeness (QED) is 0.481. The monoisotopic (exact) mass is 267 g/mol. The van der Waals surface area contributed by atoms with Gasteiger partial charge in [0.1, 0.15) is 6.61 Å². The molecule has 0 unspecified atom stereocenters. The van der Waals surface area contributed by atoms with E-state index in [1.807, 2.05) is 10.8 Å². The number of nitrogens with two attached hydrogens (primary N) is 1. The average Bonchev–Trinajstić information content (AvgIpc) is 2.26. The van der Waals surface area contributed by atoms with Crippen LogP contribution in [-0.2, 0) is 4.74 Å². The lowest BCUT2D eigenvalue weighted by Crippen LogP contribution is -2.14. The Morgan fingerprint density at radius 3 is 2.75 bits per heavy atom. The van der Waals surface area contributed by atoms with Gasteiger partial charge in [-0.25, -0.2) is 4.79 Å². The van der Waals surface area contributed by atoms with Crippen LogP contribution in [0.2, 0.25) is 0 Å². The molecule has 0 rings (SSSR count). The number of rotatable bonds is 10. The van der Waals surface area contributed by atoms with E-state index in [2.05, 4.69) is 18.6 Å². The third-order valence-corrected chi connectivity index (χ3v) is 4.86. The van der Waals surface area contributed by atoms with Gasteiger partial charge in [-0.2, -0.15) is 0 Å². The van der Waals surface area contributed by atoms with Crippen molar-refractivity contribution in [3.63, 3.8) is 0 Å². The summed E-state index contributed by atoms with van der Waals surface area (Å²) in [5.74, 6) is 2.84. The van der Waals surface area contributed by atoms with Crippen LogP contribution in [0, 0.1) is 5.92 Å². The summed E-state index contributed by atoms with van der Waals surface area (Å²) in [4.78, 5) is 10.3. The molecule has 0 radical (unpaired) electrons. The van der Waals surface area contributed by atoms with Crippen LogP contribution in [0.1, 0.15) is 41.0 Å². The summed E-state index contributed by atoms with van der Waals surface area (Å²) in [5.41, 5.74) is 4.85. The smallest absolute Gasteiger partial charge is 0.404 e. The van der Waals surface area contributed by atoms with Crippen molar-refractivity contribution in [2.75, 3.05) is 18.1 Å². The Hall–Kier alpha value is -0.0300. The van der Waals surface area contributed by atoms with Crippen LogP contribution in [0.15, 0.2) is 0 Å². The molecule has 0 saturated heterocycles. The lowest BCUT2D eigenvalue weighted by Gasteiger charge is -2.12. The van der Waals surface area contributed by atoms with Gasteiger partial charge in [-0.05, 0) is 12.3 Å². The zero-order chi connectivity index (χ0) is 12.2. The Labute approximate surface area is 108 Å². The molecule has 0 aliphatic rings. The summed E-state index contributed by atoms with van der Waals surface area (Å²) in [6.45, 7) is 4.90. The summed E-state index contributed by atoms with van der Waals surface area (Å²) >= 11 is 0. The van der Waals surface area contributed by atoms with E-state index in [4.69, 9.17) is 5.73 Å². The predicted octanol–water partition coefficient (Wildman–Crippen LogP) is 3.93. The largest absolute Gasteiger partial charge is 0.449 e. The summed E-state index contributed by atoms with van der Waals surface area (Å²) < 4.78 is 4.64. The fraction of sp³-hybridized carbons (Fsp3) is 0.909. The van der Waals surface area contributed by atoms with E-state index in [0.29, 0.717) is 6.61 Å². The molecule has 0 spiro atoms. The van der Waals surface area contributed by atoms with Gasteiger partial charge in [0, 0.05) is 12.9 Å². The molecule has 0 aliphatic heterocycles. The molecule has 0 saturated carbocycles. The van der Waals surface area contributed by atoms with Gasteiger partial charge >= 0.3 is 6.09 Å². The molecule has 0 aliphatic carbocycles. The first-order valence-corrected chi connectivity index (χ1v) is 8.36. The molecule has 0 bridgehead atoms. The van der Waals surface area contributed by atoms with Gasteiger partial charge < -0.3 is 10.5 Å². The molecule has 0 aromatic heterocycles. The minimum Gasteiger partial charge on any atom is -0.449 e. The maximum Gasteiger partial charge on any atom is 0.404 e. The van der Waals surface area contributed by atoms with Crippen LogP contribution in [0.3, 0.4) is 0 Å². The summed E-state index contributed by atoms with van der Waals surface area (Å²) in [6, 6.07) is 0. The summed E-state index contributed by atoms with van der Waals surface area (Å²) in [6.07, 6.45) is 4.51. The van der Waals surface area contributed by atoms with E-state index in [0.717, 1.165) is 11.7 Å². The minimum absolute atomic E-state index is 0. The first kappa shape index (κ1) is 16.0. The van der Waals surface area contributed by atoms with E-state index in [1.165, 1.54) is 31.4 Å². The highest BCUT2D eigenvalue weighted by molar-refractivity contribution is 8.76.